The monoisotopic (exact) mass is 199 g/mol. The first-order valence-corrected chi connectivity index (χ1v) is 4.64. The fourth-order valence-electron chi connectivity index (χ4n) is 1.36. The maximum Gasteiger partial charge on any atom is 0.524 e. The molecule has 14 heavy (non-hydrogen) atoms. The maximum absolute atomic E-state index is 11.3. The van der Waals surface area contributed by atoms with Crippen LogP contribution in [-0.4, -0.2) is 48.9 Å². The number of carbonyl (C=O) groups excluding carboxylic acids is 2. The van der Waals surface area contributed by atoms with Gasteiger partial charge in [0.15, 0.2) is 5.78 Å². The molecular weight excluding hydrogens is 185 g/mol. The number of likely N-dealkylation sites (N-methyl/N-ethyl adjacent to an activating group) is 1. The lowest BCUT2D eigenvalue weighted by Gasteiger charge is -2.10. The van der Waals surface area contributed by atoms with Crippen LogP contribution in [0.2, 0.25) is 6.32 Å². The summed E-state index contributed by atoms with van der Waals surface area (Å²) in [6, 6.07) is 0. The van der Waals surface area contributed by atoms with Gasteiger partial charge in [-0.25, -0.2) is 0 Å². The zero-order valence-electron chi connectivity index (χ0n) is 8.40. The summed E-state index contributed by atoms with van der Waals surface area (Å²) < 4.78 is 4.67. The molecular formula is C8H14BNO4. The van der Waals surface area contributed by atoms with Crippen LogP contribution >= 0.6 is 0 Å². The lowest BCUT2D eigenvalue weighted by Crippen LogP contribution is -2.31. The third kappa shape index (κ3) is 2.56. The van der Waals surface area contributed by atoms with Crippen molar-refractivity contribution in [3.63, 3.8) is 0 Å². The molecule has 0 aromatic carbocycles. The van der Waals surface area contributed by atoms with Crippen molar-refractivity contribution < 1.29 is 19.3 Å². The third-order valence-electron chi connectivity index (χ3n) is 2.19. The average Bonchev–Trinajstić information content (AvgIpc) is 2.45. The Labute approximate surface area is 83.2 Å². The molecule has 1 atom stereocenters. The summed E-state index contributed by atoms with van der Waals surface area (Å²) >= 11 is 0. The van der Waals surface area contributed by atoms with Gasteiger partial charge < -0.3 is 9.68 Å². The zero-order chi connectivity index (χ0) is 10.7. The first-order chi connectivity index (χ1) is 6.54. The molecule has 0 radical (unpaired) electrons. The van der Waals surface area contributed by atoms with E-state index < -0.39 is 19.0 Å². The highest BCUT2D eigenvalue weighted by Crippen LogP contribution is 2.13. The highest BCUT2D eigenvalue weighted by molar-refractivity contribution is 6.45. The Kier molecular flexibility index (Phi) is 3.65. The van der Waals surface area contributed by atoms with Crippen LogP contribution in [0.5, 0.6) is 0 Å². The van der Waals surface area contributed by atoms with E-state index in [0.29, 0.717) is 12.9 Å². The van der Waals surface area contributed by atoms with Gasteiger partial charge in [-0.05, 0) is 13.4 Å². The molecule has 5 nitrogen and oxygen atoms in total. The molecule has 78 valence electrons. The smallest absolute Gasteiger partial charge is 0.509 e. The topological polar surface area (TPSA) is 66.8 Å². The van der Waals surface area contributed by atoms with Crippen LogP contribution in [0.4, 0.5) is 0 Å². The second-order valence-corrected chi connectivity index (χ2v) is 3.52. The summed E-state index contributed by atoms with van der Waals surface area (Å²) in [5, 5.41) is 9.07. The van der Waals surface area contributed by atoms with Crippen LogP contribution in [0.25, 0.3) is 0 Å². The lowest BCUT2D eigenvalue weighted by molar-refractivity contribution is -0.143. The highest BCUT2D eigenvalue weighted by atomic mass is 16.6. The van der Waals surface area contributed by atoms with E-state index in [-0.39, 0.29) is 12.3 Å². The van der Waals surface area contributed by atoms with Crippen molar-refractivity contribution in [2.75, 3.05) is 20.1 Å². The van der Waals surface area contributed by atoms with Gasteiger partial charge in [0.25, 0.3) is 0 Å². The number of Topliss-reactive ketones (excluding diaryl/α,β-unsaturated/α-hetero) is 1. The standard InChI is InChI=1S/C8H14BNO4/c1-3-9(13)14-8(12)6-4-10(2)5-7(6)11/h6,13H,3-5H2,1-2H3. The molecule has 1 rings (SSSR count). The van der Waals surface area contributed by atoms with E-state index in [9.17, 15) is 9.59 Å². The number of ketones is 1. The predicted octanol–water partition coefficient (Wildman–Crippen LogP) is -0.839. The molecule has 0 bridgehead atoms. The Morgan fingerprint density at radius 2 is 2.43 bits per heavy atom. The minimum absolute atomic E-state index is 0.138. The summed E-state index contributed by atoms with van der Waals surface area (Å²) in [5.41, 5.74) is 0. The predicted molar refractivity (Wildman–Crippen MR) is 50.5 cm³/mol. The van der Waals surface area contributed by atoms with E-state index in [2.05, 4.69) is 4.65 Å². The molecule has 0 aromatic rings. The van der Waals surface area contributed by atoms with E-state index in [0.717, 1.165) is 0 Å². The molecule has 0 saturated carbocycles. The summed E-state index contributed by atoms with van der Waals surface area (Å²) in [7, 11) is 0.669. The van der Waals surface area contributed by atoms with Crippen molar-refractivity contribution in [3.8, 4) is 0 Å². The normalized spacial score (nSPS) is 22.5. The number of nitrogens with zero attached hydrogens (tertiary/aromatic N) is 1. The number of hydrogen-bond acceptors (Lipinski definition) is 5. The Morgan fingerprint density at radius 1 is 1.79 bits per heavy atom. The van der Waals surface area contributed by atoms with E-state index in [1.54, 1.807) is 18.9 Å². The fraction of sp³-hybridized carbons (Fsp3) is 0.750. The SMILES string of the molecule is CCB(O)OC(=O)C1CN(C)CC1=O. The van der Waals surface area contributed by atoms with Gasteiger partial charge in [-0.1, -0.05) is 6.92 Å². The Morgan fingerprint density at radius 3 is 2.86 bits per heavy atom. The molecule has 1 saturated heterocycles. The second-order valence-electron chi connectivity index (χ2n) is 3.52. The van der Waals surface area contributed by atoms with Gasteiger partial charge in [-0.2, -0.15) is 0 Å². The molecule has 1 aliphatic rings. The largest absolute Gasteiger partial charge is 0.524 e. The van der Waals surface area contributed by atoms with Gasteiger partial charge in [0, 0.05) is 6.54 Å². The molecule has 0 aliphatic carbocycles. The Bertz CT molecular complexity index is 245. The van der Waals surface area contributed by atoms with E-state index in [4.69, 9.17) is 5.02 Å². The van der Waals surface area contributed by atoms with E-state index >= 15 is 0 Å². The van der Waals surface area contributed by atoms with Gasteiger partial charge in [-0.3, -0.25) is 14.5 Å². The molecule has 0 amide bonds. The summed E-state index contributed by atoms with van der Waals surface area (Å²) in [5.74, 6) is -1.48. The van der Waals surface area contributed by atoms with Crippen molar-refractivity contribution in [1.29, 1.82) is 0 Å². The van der Waals surface area contributed by atoms with Gasteiger partial charge >= 0.3 is 13.1 Å². The van der Waals surface area contributed by atoms with Crippen LogP contribution in [-0.2, 0) is 14.2 Å². The van der Waals surface area contributed by atoms with E-state index in [1.807, 2.05) is 0 Å². The van der Waals surface area contributed by atoms with Crippen molar-refractivity contribution in [3.05, 3.63) is 0 Å². The number of rotatable bonds is 3. The third-order valence-corrected chi connectivity index (χ3v) is 2.19. The molecule has 0 aromatic heterocycles. The van der Waals surface area contributed by atoms with E-state index in [1.165, 1.54) is 0 Å². The zero-order valence-corrected chi connectivity index (χ0v) is 8.40. The minimum atomic E-state index is -1.10. The molecule has 1 fully saturated rings. The molecule has 0 spiro atoms. The number of likely N-dealkylation sites (tertiary alicyclic amines) is 1. The minimum Gasteiger partial charge on any atom is -0.509 e. The highest BCUT2D eigenvalue weighted by Gasteiger charge is 2.36. The Hall–Kier alpha value is -0.875. The Balaban J connectivity index is 2.49. The molecule has 1 heterocycles. The maximum atomic E-state index is 11.3. The second kappa shape index (κ2) is 4.57. The lowest BCUT2D eigenvalue weighted by atomic mass is 9.86. The van der Waals surface area contributed by atoms with Crippen LogP contribution in [0, 0.1) is 5.92 Å². The first-order valence-electron chi connectivity index (χ1n) is 4.64. The van der Waals surface area contributed by atoms with Gasteiger partial charge in [0.1, 0.15) is 5.92 Å². The quantitative estimate of drug-likeness (QED) is 0.474. The fourth-order valence-corrected chi connectivity index (χ4v) is 1.36. The van der Waals surface area contributed by atoms with Crippen molar-refractivity contribution in [2.24, 2.45) is 5.92 Å². The number of hydrogen-bond donors (Lipinski definition) is 1. The molecule has 1 N–H and O–H groups in total. The first kappa shape index (κ1) is 11.2. The average molecular weight is 199 g/mol. The molecule has 1 unspecified atom stereocenters. The van der Waals surface area contributed by atoms with Crippen molar-refractivity contribution >= 4 is 18.9 Å². The van der Waals surface area contributed by atoms with Gasteiger partial charge in [-0.15, -0.1) is 0 Å². The van der Waals surface area contributed by atoms with Gasteiger partial charge in [0.2, 0.25) is 0 Å². The van der Waals surface area contributed by atoms with Crippen LogP contribution in [0.3, 0.4) is 0 Å². The molecule has 6 heteroatoms. The van der Waals surface area contributed by atoms with Crippen LogP contribution in [0.1, 0.15) is 6.92 Å². The van der Waals surface area contributed by atoms with Crippen LogP contribution in [0.15, 0.2) is 0 Å². The molecule has 1 aliphatic heterocycles. The summed E-state index contributed by atoms with van der Waals surface area (Å²) in [6.45, 7) is 2.36. The number of carbonyl (C=O) groups is 2. The van der Waals surface area contributed by atoms with Crippen molar-refractivity contribution in [2.45, 2.75) is 13.2 Å². The van der Waals surface area contributed by atoms with Gasteiger partial charge in [0.05, 0.1) is 6.54 Å². The summed E-state index contributed by atoms with van der Waals surface area (Å²) in [4.78, 5) is 24.4. The summed E-state index contributed by atoms with van der Waals surface area (Å²) in [6.07, 6.45) is 0.336. The van der Waals surface area contributed by atoms with Crippen molar-refractivity contribution in [1.82, 2.24) is 4.90 Å². The van der Waals surface area contributed by atoms with Crippen LogP contribution < -0.4 is 0 Å².